The van der Waals surface area contributed by atoms with Crippen molar-refractivity contribution in [3.8, 4) is 0 Å². The van der Waals surface area contributed by atoms with Crippen LogP contribution < -0.4 is 10.9 Å². The molecule has 1 aliphatic carbocycles. The lowest BCUT2D eigenvalue weighted by Gasteiger charge is -2.38. The Hall–Kier alpha value is -3.30. The summed E-state index contributed by atoms with van der Waals surface area (Å²) in [4.78, 5) is 27.3. The summed E-state index contributed by atoms with van der Waals surface area (Å²) in [5.41, 5.74) is -1.37. The van der Waals surface area contributed by atoms with Crippen LogP contribution in [0.2, 0.25) is 0 Å². The minimum atomic E-state index is -4.59. The van der Waals surface area contributed by atoms with Crippen LogP contribution in [0.5, 0.6) is 0 Å². The maximum Gasteiger partial charge on any atom is 0.415 e. The largest absolute Gasteiger partial charge is 0.415 e. The summed E-state index contributed by atoms with van der Waals surface area (Å²) in [5, 5.41) is 8.04. The van der Waals surface area contributed by atoms with Crippen LogP contribution in [0.25, 0.3) is 10.9 Å². The number of carbonyl (C=O) groups is 1. The first-order valence-corrected chi connectivity index (χ1v) is 10.6. The first-order chi connectivity index (χ1) is 15.3. The first-order valence-electron chi connectivity index (χ1n) is 10.6. The molecule has 2 aliphatic rings. The van der Waals surface area contributed by atoms with Gasteiger partial charge in [-0.2, -0.15) is 18.3 Å². The van der Waals surface area contributed by atoms with Crippen molar-refractivity contribution < 1.29 is 18.0 Å². The minimum Gasteiger partial charge on any atom is -0.338 e. The molecule has 1 saturated carbocycles. The summed E-state index contributed by atoms with van der Waals surface area (Å²) >= 11 is 0. The van der Waals surface area contributed by atoms with Crippen LogP contribution in [-0.4, -0.2) is 38.8 Å². The van der Waals surface area contributed by atoms with E-state index in [9.17, 15) is 22.8 Å². The first kappa shape index (κ1) is 20.6. The molecular formula is C22H22F3N5O2. The van der Waals surface area contributed by atoms with Crippen molar-refractivity contribution in [1.82, 2.24) is 19.7 Å². The van der Waals surface area contributed by atoms with Crippen molar-refractivity contribution in [1.29, 1.82) is 0 Å². The van der Waals surface area contributed by atoms with Crippen molar-refractivity contribution in [3.63, 3.8) is 0 Å². The molecule has 3 heterocycles. The molecule has 2 N–H and O–H groups in total. The molecule has 0 bridgehead atoms. The van der Waals surface area contributed by atoms with Crippen LogP contribution >= 0.6 is 0 Å². The van der Waals surface area contributed by atoms with E-state index in [2.05, 4.69) is 15.4 Å². The second kappa shape index (κ2) is 7.39. The Morgan fingerprint density at radius 1 is 1.22 bits per heavy atom. The van der Waals surface area contributed by atoms with E-state index in [1.165, 1.54) is 24.3 Å². The second-order valence-electron chi connectivity index (χ2n) is 8.50. The third kappa shape index (κ3) is 3.25. The number of nitrogens with one attached hydrogen (secondary N) is 2. The molecule has 1 saturated heterocycles. The number of aromatic nitrogens is 3. The second-order valence-corrected chi connectivity index (χ2v) is 8.50. The number of pyridine rings is 1. The molecule has 5 rings (SSSR count). The van der Waals surface area contributed by atoms with Crippen LogP contribution in [0.15, 0.2) is 41.3 Å². The Kier molecular flexibility index (Phi) is 4.75. The molecule has 0 radical (unpaired) electrons. The van der Waals surface area contributed by atoms with E-state index >= 15 is 0 Å². The molecule has 1 aromatic carbocycles. The molecule has 2 aromatic heterocycles. The zero-order valence-corrected chi connectivity index (χ0v) is 17.2. The number of anilines is 2. The van der Waals surface area contributed by atoms with Gasteiger partial charge in [0.2, 0.25) is 6.41 Å². The predicted octanol–water partition coefficient (Wildman–Crippen LogP) is 3.89. The molecule has 7 nitrogen and oxygen atoms in total. The lowest BCUT2D eigenvalue weighted by Crippen LogP contribution is -2.51. The Morgan fingerprint density at radius 3 is 2.62 bits per heavy atom. The minimum absolute atomic E-state index is 0.0159. The number of carbonyl (C=O) groups excluding carboxylic acids is 1. The van der Waals surface area contributed by atoms with Gasteiger partial charge < -0.3 is 15.2 Å². The SMILES string of the molecule is O=CN1CCCC1(c1ccc(Nc2nn(CC3CC3)c3cc[nH]c(=O)c23)cc1)C(F)(F)F. The average Bonchev–Trinajstić information content (AvgIpc) is 3.34. The summed E-state index contributed by atoms with van der Waals surface area (Å²) < 4.78 is 44.0. The third-order valence-corrected chi connectivity index (χ3v) is 6.45. The standard InChI is InChI=1S/C22H22F3N5O2/c23-22(24,25)21(9-1-11-29(21)13-31)15-4-6-16(7-5-15)27-19-18-17(8-10-26-20(18)32)30(28-19)12-14-2-3-14/h4-8,10,13-14H,1-3,9,11-12H2,(H,26,32)(H,27,28). The average molecular weight is 445 g/mol. The molecule has 2 fully saturated rings. The van der Waals surface area contributed by atoms with Gasteiger partial charge in [-0.15, -0.1) is 0 Å². The summed E-state index contributed by atoms with van der Waals surface area (Å²) in [5.74, 6) is 0.909. The number of hydrogen-bond acceptors (Lipinski definition) is 4. The van der Waals surface area contributed by atoms with Crippen molar-refractivity contribution >= 4 is 28.8 Å². The Labute approximate surface area is 181 Å². The molecule has 3 aromatic rings. The lowest BCUT2D eigenvalue weighted by atomic mass is 9.86. The van der Waals surface area contributed by atoms with E-state index in [0.29, 0.717) is 28.3 Å². The van der Waals surface area contributed by atoms with Crippen LogP contribution in [0.3, 0.4) is 0 Å². The smallest absolute Gasteiger partial charge is 0.338 e. The molecule has 168 valence electrons. The summed E-state index contributed by atoms with van der Waals surface area (Å²) in [6, 6.07) is 7.60. The Balaban J connectivity index is 1.49. The molecule has 10 heteroatoms. The highest BCUT2D eigenvalue weighted by atomic mass is 19.4. The van der Waals surface area contributed by atoms with Gasteiger partial charge in [0.25, 0.3) is 5.56 Å². The zero-order valence-electron chi connectivity index (χ0n) is 17.2. The molecular weight excluding hydrogens is 423 g/mol. The van der Waals surface area contributed by atoms with Gasteiger partial charge in [0.15, 0.2) is 11.4 Å². The number of halogens is 3. The number of alkyl halides is 3. The predicted molar refractivity (Wildman–Crippen MR) is 113 cm³/mol. The number of amides is 1. The molecule has 1 aliphatic heterocycles. The maximum atomic E-state index is 14.0. The number of hydrogen-bond donors (Lipinski definition) is 2. The number of rotatable bonds is 6. The van der Waals surface area contributed by atoms with E-state index in [1.807, 2.05) is 0 Å². The molecule has 1 atom stereocenters. The zero-order chi connectivity index (χ0) is 22.5. The van der Waals surface area contributed by atoms with Gasteiger partial charge in [-0.1, -0.05) is 12.1 Å². The van der Waals surface area contributed by atoms with E-state index in [1.54, 1.807) is 16.9 Å². The van der Waals surface area contributed by atoms with Gasteiger partial charge in [-0.05, 0) is 55.4 Å². The number of benzene rings is 1. The fraction of sp³-hybridized carbons (Fsp3) is 0.409. The van der Waals surface area contributed by atoms with E-state index in [0.717, 1.165) is 24.3 Å². The van der Waals surface area contributed by atoms with Gasteiger partial charge in [-0.25, -0.2) is 0 Å². The van der Waals surface area contributed by atoms with Gasteiger partial charge in [0.1, 0.15) is 5.39 Å². The highest BCUT2D eigenvalue weighted by molar-refractivity contribution is 5.91. The van der Waals surface area contributed by atoms with Crippen LogP contribution in [0.4, 0.5) is 24.7 Å². The number of fused-ring (bicyclic) bond motifs is 1. The molecule has 32 heavy (non-hydrogen) atoms. The highest BCUT2D eigenvalue weighted by Gasteiger charge is 2.61. The van der Waals surface area contributed by atoms with Crippen molar-refractivity contribution in [2.24, 2.45) is 5.92 Å². The molecule has 1 unspecified atom stereocenters. The maximum absolute atomic E-state index is 14.0. The summed E-state index contributed by atoms with van der Waals surface area (Å²) in [7, 11) is 0. The molecule has 0 spiro atoms. The normalized spacial score (nSPS) is 21.3. The van der Waals surface area contributed by atoms with Crippen molar-refractivity contribution in [2.75, 3.05) is 11.9 Å². The van der Waals surface area contributed by atoms with E-state index in [4.69, 9.17) is 0 Å². The number of aromatic amines is 1. The molecule has 1 amide bonds. The Morgan fingerprint density at radius 2 is 1.97 bits per heavy atom. The fourth-order valence-electron chi connectivity index (χ4n) is 4.64. The summed E-state index contributed by atoms with van der Waals surface area (Å²) in [6.07, 6.45) is -0.368. The number of nitrogens with zero attached hydrogens (tertiary/aromatic N) is 3. The number of H-pyrrole nitrogens is 1. The third-order valence-electron chi connectivity index (χ3n) is 6.45. The van der Waals surface area contributed by atoms with Crippen molar-refractivity contribution in [3.05, 3.63) is 52.4 Å². The Bertz CT molecular complexity index is 1210. The topological polar surface area (TPSA) is 83.0 Å². The van der Waals surface area contributed by atoms with Crippen molar-refractivity contribution in [2.45, 2.75) is 43.9 Å². The highest BCUT2D eigenvalue weighted by Crippen LogP contribution is 2.50. The fourth-order valence-corrected chi connectivity index (χ4v) is 4.64. The quantitative estimate of drug-likeness (QED) is 0.564. The number of likely N-dealkylation sites (tertiary alicyclic amines) is 1. The lowest BCUT2D eigenvalue weighted by molar-refractivity contribution is -0.225. The monoisotopic (exact) mass is 445 g/mol. The van der Waals surface area contributed by atoms with Crippen LogP contribution in [0.1, 0.15) is 31.2 Å². The summed E-state index contributed by atoms with van der Waals surface area (Å²) in [6.45, 7) is 0.784. The van der Waals surface area contributed by atoms with Gasteiger partial charge in [-0.3, -0.25) is 14.3 Å². The van der Waals surface area contributed by atoms with Crippen LogP contribution in [0, 0.1) is 5.92 Å². The van der Waals surface area contributed by atoms with E-state index < -0.39 is 11.7 Å². The van der Waals surface area contributed by atoms with Gasteiger partial charge in [0.05, 0.1) is 5.52 Å². The van der Waals surface area contributed by atoms with Gasteiger partial charge >= 0.3 is 6.18 Å². The van der Waals surface area contributed by atoms with E-state index in [-0.39, 0.29) is 36.9 Å². The van der Waals surface area contributed by atoms with Gasteiger partial charge in [0, 0.05) is 25.0 Å². The van der Waals surface area contributed by atoms with Crippen LogP contribution in [-0.2, 0) is 16.9 Å².